The van der Waals surface area contributed by atoms with Crippen molar-refractivity contribution in [2.45, 2.75) is 16.7 Å². The van der Waals surface area contributed by atoms with Gasteiger partial charge in [0.05, 0.1) is 0 Å². The lowest BCUT2D eigenvalue weighted by molar-refractivity contribution is 0.625. The van der Waals surface area contributed by atoms with E-state index in [-0.39, 0.29) is 5.82 Å². The van der Waals surface area contributed by atoms with Gasteiger partial charge in [0.1, 0.15) is 5.82 Å². The molecule has 0 aliphatic carbocycles. The van der Waals surface area contributed by atoms with E-state index < -0.39 is 0 Å². The fourth-order valence-corrected chi connectivity index (χ4v) is 3.50. The minimum atomic E-state index is -0.270. The smallest absolute Gasteiger partial charge is 0.126 e. The zero-order chi connectivity index (χ0) is 13.7. The molecule has 0 amide bonds. The minimum Gasteiger partial charge on any atom is -0.399 e. The predicted octanol–water partition coefficient (Wildman–Crippen LogP) is 4.60. The lowest BCUT2D eigenvalue weighted by Gasteiger charge is -2.04. The van der Waals surface area contributed by atoms with E-state index in [2.05, 4.69) is 31.2 Å². The zero-order valence-electron chi connectivity index (χ0n) is 10.7. The third-order valence-corrected chi connectivity index (χ3v) is 4.78. The van der Waals surface area contributed by atoms with E-state index in [0.717, 1.165) is 16.4 Å². The van der Waals surface area contributed by atoms with Crippen LogP contribution in [0.2, 0.25) is 0 Å². The largest absolute Gasteiger partial charge is 0.399 e. The van der Waals surface area contributed by atoms with Crippen molar-refractivity contribution < 1.29 is 4.39 Å². The second kappa shape index (κ2) is 6.87. The topological polar surface area (TPSA) is 26.0 Å². The molecule has 0 atom stereocenters. The van der Waals surface area contributed by atoms with Crippen LogP contribution in [-0.4, -0.2) is 11.5 Å². The molecule has 19 heavy (non-hydrogen) atoms. The maximum absolute atomic E-state index is 13.1. The van der Waals surface area contributed by atoms with Crippen molar-refractivity contribution >= 4 is 29.2 Å². The van der Waals surface area contributed by atoms with Gasteiger partial charge in [-0.2, -0.15) is 0 Å². The van der Waals surface area contributed by atoms with Crippen LogP contribution in [0.3, 0.4) is 0 Å². The molecule has 1 nitrogen and oxygen atoms in total. The summed E-state index contributed by atoms with van der Waals surface area (Å²) in [7, 11) is 0. The molecular weight excluding hydrogens is 277 g/mol. The van der Waals surface area contributed by atoms with Crippen LogP contribution in [0.15, 0.2) is 52.3 Å². The van der Waals surface area contributed by atoms with E-state index in [1.807, 2.05) is 17.8 Å². The van der Waals surface area contributed by atoms with E-state index in [0.29, 0.717) is 5.69 Å². The van der Waals surface area contributed by atoms with E-state index >= 15 is 0 Å². The molecule has 0 radical (unpaired) electrons. The van der Waals surface area contributed by atoms with Crippen molar-refractivity contribution in [2.75, 3.05) is 17.2 Å². The van der Waals surface area contributed by atoms with Gasteiger partial charge in [-0.15, -0.1) is 23.5 Å². The van der Waals surface area contributed by atoms with Crippen LogP contribution in [-0.2, 0) is 0 Å². The molecule has 4 heteroatoms. The zero-order valence-corrected chi connectivity index (χ0v) is 12.4. The first-order chi connectivity index (χ1) is 9.13. The molecule has 0 saturated heterocycles. The molecule has 0 spiro atoms. The summed E-state index contributed by atoms with van der Waals surface area (Å²) in [4.78, 5) is 2.16. The molecular formula is C15H16FNS2. The van der Waals surface area contributed by atoms with Crippen LogP contribution in [0.5, 0.6) is 0 Å². The molecule has 0 fully saturated rings. The van der Waals surface area contributed by atoms with Crippen LogP contribution in [0, 0.1) is 12.7 Å². The van der Waals surface area contributed by atoms with Crippen molar-refractivity contribution in [3.05, 3.63) is 53.8 Å². The highest BCUT2D eigenvalue weighted by Gasteiger charge is 2.00. The molecule has 0 aromatic heterocycles. The van der Waals surface area contributed by atoms with Crippen LogP contribution in [0.4, 0.5) is 10.1 Å². The van der Waals surface area contributed by atoms with Gasteiger partial charge in [0, 0.05) is 27.0 Å². The van der Waals surface area contributed by atoms with Crippen molar-refractivity contribution in [3.8, 4) is 0 Å². The van der Waals surface area contributed by atoms with Crippen molar-refractivity contribution in [2.24, 2.45) is 0 Å². The fraction of sp³-hybridized carbons (Fsp3) is 0.200. The van der Waals surface area contributed by atoms with Gasteiger partial charge in [0.15, 0.2) is 0 Å². The highest BCUT2D eigenvalue weighted by Crippen LogP contribution is 2.25. The van der Waals surface area contributed by atoms with Crippen molar-refractivity contribution in [3.63, 3.8) is 0 Å². The average molecular weight is 293 g/mol. The number of thioether (sulfide) groups is 2. The molecule has 0 aliphatic rings. The summed E-state index contributed by atoms with van der Waals surface area (Å²) in [6, 6.07) is 13.2. The Kier molecular flexibility index (Phi) is 5.16. The van der Waals surface area contributed by atoms with Crippen LogP contribution < -0.4 is 5.73 Å². The second-order valence-corrected chi connectivity index (χ2v) is 6.57. The monoisotopic (exact) mass is 293 g/mol. The molecule has 2 aromatic carbocycles. The highest BCUT2D eigenvalue weighted by atomic mass is 32.2. The maximum atomic E-state index is 13.1. The molecule has 100 valence electrons. The van der Waals surface area contributed by atoms with Gasteiger partial charge in [-0.05, 0) is 37.3 Å². The summed E-state index contributed by atoms with van der Waals surface area (Å²) in [6.45, 7) is 2.08. The lowest BCUT2D eigenvalue weighted by Crippen LogP contribution is -1.89. The highest BCUT2D eigenvalue weighted by molar-refractivity contribution is 8.03. The van der Waals surface area contributed by atoms with Gasteiger partial charge >= 0.3 is 0 Å². The quantitative estimate of drug-likeness (QED) is 0.495. The Bertz CT molecular complexity index is 520. The molecule has 0 heterocycles. The van der Waals surface area contributed by atoms with Crippen molar-refractivity contribution in [1.29, 1.82) is 0 Å². The van der Waals surface area contributed by atoms with Crippen LogP contribution in [0.25, 0.3) is 0 Å². The number of anilines is 1. The minimum absolute atomic E-state index is 0.270. The van der Waals surface area contributed by atoms with E-state index in [4.69, 9.17) is 5.73 Å². The van der Waals surface area contributed by atoms with Gasteiger partial charge in [0.25, 0.3) is 0 Å². The summed E-state index contributed by atoms with van der Waals surface area (Å²) in [5.41, 5.74) is 7.36. The van der Waals surface area contributed by atoms with Gasteiger partial charge in [-0.1, -0.05) is 17.7 Å². The molecule has 0 aliphatic heterocycles. The average Bonchev–Trinajstić information content (AvgIpc) is 2.36. The van der Waals surface area contributed by atoms with Gasteiger partial charge in [-0.3, -0.25) is 0 Å². The normalized spacial score (nSPS) is 10.6. The number of rotatable bonds is 5. The molecule has 0 unspecified atom stereocenters. The third-order valence-electron chi connectivity index (χ3n) is 2.54. The number of hydrogen-bond acceptors (Lipinski definition) is 3. The first-order valence-corrected chi connectivity index (χ1v) is 7.99. The Hall–Kier alpha value is -1.13. The maximum Gasteiger partial charge on any atom is 0.126 e. The Labute approximate surface area is 121 Å². The summed E-state index contributed by atoms with van der Waals surface area (Å²) in [5.74, 6) is 1.65. The standard InChI is InChI=1S/C15H16FNS2/c1-11-2-4-14(5-3-11)18-6-7-19-15-9-12(16)8-13(17)10-15/h2-5,8-10H,6-7,17H2,1H3. The Balaban J connectivity index is 1.79. The van der Waals surface area contributed by atoms with E-state index in [1.165, 1.54) is 22.6 Å². The third kappa shape index (κ3) is 4.80. The van der Waals surface area contributed by atoms with Gasteiger partial charge < -0.3 is 5.73 Å². The summed E-state index contributed by atoms with van der Waals surface area (Å²) in [5, 5.41) is 0. The lowest BCUT2D eigenvalue weighted by atomic mass is 10.2. The predicted molar refractivity (Wildman–Crippen MR) is 83.4 cm³/mol. The summed E-state index contributed by atoms with van der Waals surface area (Å²) >= 11 is 3.44. The number of benzene rings is 2. The molecule has 2 aromatic rings. The first-order valence-electron chi connectivity index (χ1n) is 6.02. The fourth-order valence-electron chi connectivity index (χ4n) is 1.62. The number of nitrogens with two attached hydrogens (primary N) is 1. The number of hydrogen-bond donors (Lipinski definition) is 1. The molecule has 0 bridgehead atoms. The van der Waals surface area contributed by atoms with Gasteiger partial charge in [-0.25, -0.2) is 4.39 Å². The Morgan fingerprint density at radius 1 is 0.947 bits per heavy atom. The number of nitrogen functional groups attached to an aromatic ring is 1. The number of aryl methyl sites for hydroxylation is 1. The van der Waals surface area contributed by atoms with Gasteiger partial charge in [0.2, 0.25) is 0 Å². The Morgan fingerprint density at radius 3 is 2.21 bits per heavy atom. The second-order valence-electron chi connectivity index (χ2n) is 4.23. The molecule has 2 rings (SSSR count). The van der Waals surface area contributed by atoms with Crippen LogP contribution >= 0.6 is 23.5 Å². The molecule has 2 N–H and O–H groups in total. The first kappa shape index (κ1) is 14.3. The van der Waals surface area contributed by atoms with E-state index in [1.54, 1.807) is 11.8 Å². The molecule has 0 saturated carbocycles. The summed E-state index contributed by atoms with van der Waals surface area (Å²) in [6.07, 6.45) is 0. The van der Waals surface area contributed by atoms with Crippen molar-refractivity contribution in [1.82, 2.24) is 0 Å². The Morgan fingerprint density at radius 2 is 1.58 bits per heavy atom. The van der Waals surface area contributed by atoms with Crippen LogP contribution in [0.1, 0.15) is 5.56 Å². The van der Waals surface area contributed by atoms with E-state index in [9.17, 15) is 4.39 Å². The number of halogens is 1. The SMILES string of the molecule is Cc1ccc(SCCSc2cc(N)cc(F)c2)cc1. The summed E-state index contributed by atoms with van der Waals surface area (Å²) < 4.78 is 13.1.